The van der Waals surface area contributed by atoms with Crippen LogP contribution in [-0.4, -0.2) is 60.7 Å². The molecule has 0 aliphatic carbocycles. The largest absolute Gasteiger partial charge is 0.392 e. The van der Waals surface area contributed by atoms with E-state index in [1.165, 1.54) is 0 Å². The second-order valence-electron chi connectivity index (χ2n) is 6.62. The van der Waals surface area contributed by atoms with E-state index in [1.54, 1.807) is 0 Å². The Morgan fingerprint density at radius 2 is 1.95 bits per heavy atom. The molecule has 4 nitrogen and oxygen atoms in total. The standard InChI is InChI=1S/C15H27NO3/c1-12-2-6-16(11-14(12)17)13-3-7-19-15(10-13)4-8-18-9-5-15/h12-14,17H,2-11H2,1H3. The van der Waals surface area contributed by atoms with Crippen LogP contribution in [0.4, 0.5) is 0 Å². The van der Waals surface area contributed by atoms with Crippen LogP contribution in [0.2, 0.25) is 0 Å². The van der Waals surface area contributed by atoms with E-state index in [0.29, 0.717) is 12.0 Å². The molecule has 3 aliphatic heterocycles. The van der Waals surface area contributed by atoms with Crippen molar-refractivity contribution in [3.8, 4) is 0 Å². The maximum Gasteiger partial charge on any atom is 0.0741 e. The highest BCUT2D eigenvalue weighted by Gasteiger charge is 2.41. The van der Waals surface area contributed by atoms with Crippen molar-refractivity contribution in [1.82, 2.24) is 4.90 Å². The fourth-order valence-electron chi connectivity index (χ4n) is 3.81. The molecule has 0 aromatic heterocycles. The Kier molecular flexibility index (Phi) is 4.13. The van der Waals surface area contributed by atoms with Crippen molar-refractivity contribution in [2.24, 2.45) is 5.92 Å². The van der Waals surface area contributed by atoms with Gasteiger partial charge in [-0.05, 0) is 44.6 Å². The van der Waals surface area contributed by atoms with Gasteiger partial charge in [0.15, 0.2) is 0 Å². The molecule has 4 heteroatoms. The highest BCUT2D eigenvalue weighted by atomic mass is 16.5. The maximum absolute atomic E-state index is 10.1. The zero-order valence-electron chi connectivity index (χ0n) is 12.0. The third kappa shape index (κ3) is 2.97. The van der Waals surface area contributed by atoms with Crippen LogP contribution < -0.4 is 0 Å². The predicted molar refractivity (Wildman–Crippen MR) is 73.1 cm³/mol. The number of ether oxygens (including phenoxy) is 2. The van der Waals surface area contributed by atoms with Gasteiger partial charge in [-0.15, -0.1) is 0 Å². The van der Waals surface area contributed by atoms with Crippen molar-refractivity contribution in [1.29, 1.82) is 0 Å². The van der Waals surface area contributed by atoms with E-state index < -0.39 is 0 Å². The summed E-state index contributed by atoms with van der Waals surface area (Å²) in [5, 5.41) is 10.1. The lowest BCUT2D eigenvalue weighted by molar-refractivity contribution is -0.156. The van der Waals surface area contributed by atoms with Gasteiger partial charge in [0, 0.05) is 32.4 Å². The molecule has 0 bridgehead atoms. The summed E-state index contributed by atoms with van der Waals surface area (Å²) in [6.45, 7) is 6.69. The SMILES string of the molecule is CC1CCN(C2CCOC3(CCOCC3)C2)CC1O. The molecule has 3 saturated heterocycles. The van der Waals surface area contributed by atoms with Gasteiger partial charge in [-0.2, -0.15) is 0 Å². The Hall–Kier alpha value is -0.160. The second kappa shape index (κ2) is 5.68. The predicted octanol–water partition coefficient (Wildman–Crippen LogP) is 1.42. The van der Waals surface area contributed by atoms with Gasteiger partial charge >= 0.3 is 0 Å². The topological polar surface area (TPSA) is 41.9 Å². The van der Waals surface area contributed by atoms with E-state index in [4.69, 9.17) is 9.47 Å². The van der Waals surface area contributed by atoms with E-state index in [9.17, 15) is 5.11 Å². The number of hydrogen-bond donors (Lipinski definition) is 1. The highest BCUT2D eigenvalue weighted by Crippen LogP contribution is 2.37. The molecular weight excluding hydrogens is 242 g/mol. The Labute approximate surface area is 116 Å². The smallest absolute Gasteiger partial charge is 0.0741 e. The molecule has 0 aromatic carbocycles. The summed E-state index contributed by atoms with van der Waals surface area (Å²) in [5.41, 5.74) is 0.0647. The molecule has 19 heavy (non-hydrogen) atoms. The van der Waals surface area contributed by atoms with Gasteiger partial charge in [0.25, 0.3) is 0 Å². The van der Waals surface area contributed by atoms with Gasteiger partial charge < -0.3 is 14.6 Å². The van der Waals surface area contributed by atoms with Crippen molar-refractivity contribution in [2.75, 3.05) is 32.9 Å². The Bertz CT molecular complexity index is 298. The molecule has 1 N–H and O–H groups in total. The second-order valence-corrected chi connectivity index (χ2v) is 6.62. The fraction of sp³-hybridized carbons (Fsp3) is 1.00. The van der Waals surface area contributed by atoms with E-state index in [-0.39, 0.29) is 11.7 Å². The van der Waals surface area contributed by atoms with Gasteiger partial charge in [-0.3, -0.25) is 4.90 Å². The summed E-state index contributed by atoms with van der Waals surface area (Å²) in [6, 6.07) is 0.592. The third-order valence-electron chi connectivity index (χ3n) is 5.34. The van der Waals surface area contributed by atoms with Gasteiger partial charge in [-0.25, -0.2) is 0 Å². The van der Waals surface area contributed by atoms with Gasteiger partial charge in [-0.1, -0.05) is 6.92 Å². The van der Waals surface area contributed by atoms with Crippen molar-refractivity contribution in [2.45, 2.75) is 56.8 Å². The fourth-order valence-corrected chi connectivity index (χ4v) is 3.81. The van der Waals surface area contributed by atoms with Gasteiger partial charge in [0.1, 0.15) is 0 Å². The minimum Gasteiger partial charge on any atom is -0.392 e. The molecule has 0 aromatic rings. The lowest BCUT2D eigenvalue weighted by Crippen LogP contribution is -2.54. The quantitative estimate of drug-likeness (QED) is 0.782. The molecule has 3 fully saturated rings. The van der Waals surface area contributed by atoms with Crippen LogP contribution >= 0.6 is 0 Å². The van der Waals surface area contributed by atoms with Crippen LogP contribution in [0.15, 0.2) is 0 Å². The number of aliphatic hydroxyl groups excluding tert-OH is 1. The van der Waals surface area contributed by atoms with E-state index >= 15 is 0 Å². The lowest BCUT2D eigenvalue weighted by Gasteiger charge is -2.48. The Balaban J connectivity index is 1.61. The molecule has 3 rings (SSSR count). The summed E-state index contributed by atoms with van der Waals surface area (Å²) in [7, 11) is 0. The molecule has 3 atom stereocenters. The zero-order valence-corrected chi connectivity index (χ0v) is 12.0. The molecular formula is C15H27NO3. The Morgan fingerprint density at radius 3 is 2.68 bits per heavy atom. The van der Waals surface area contributed by atoms with Crippen molar-refractivity contribution in [3.05, 3.63) is 0 Å². The van der Waals surface area contributed by atoms with E-state index in [2.05, 4.69) is 11.8 Å². The number of likely N-dealkylation sites (tertiary alicyclic amines) is 1. The first-order valence-corrected chi connectivity index (χ1v) is 7.82. The minimum atomic E-state index is -0.151. The summed E-state index contributed by atoms with van der Waals surface area (Å²) in [6.07, 6.45) is 5.28. The number of piperidine rings is 1. The van der Waals surface area contributed by atoms with Crippen molar-refractivity contribution < 1.29 is 14.6 Å². The minimum absolute atomic E-state index is 0.0647. The van der Waals surface area contributed by atoms with Crippen molar-refractivity contribution >= 4 is 0 Å². The molecule has 0 saturated carbocycles. The first kappa shape index (κ1) is 13.8. The average molecular weight is 269 g/mol. The summed E-state index contributed by atoms with van der Waals surface area (Å²) >= 11 is 0. The van der Waals surface area contributed by atoms with Gasteiger partial charge in [0.2, 0.25) is 0 Å². The monoisotopic (exact) mass is 269 g/mol. The molecule has 3 aliphatic rings. The van der Waals surface area contributed by atoms with Crippen LogP contribution in [0.3, 0.4) is 0 Å². The normalized spacial score (nSPS) is 40.4. The van der Waals surface area contributed by atoms with Crippen LogP contribution in [0.25, 0.3) is 0 Å². The van der Waals surface area contributed by atoms with E-state index in [1.807, 2.05) is 0 Å². The van der Waals surface area contributed by atoms with Crippen LogP contribution in [0, 0.1) is 5.92 Å². The van der Waals surface area contributed by atoms with Crippen LogP contribution in [0.1, 0.15) is 39.0 Å². The highest BCUT2D eigenvalue weighted by molar-refractivity contribution is 4.94. The third-order valence-corrected chi connectivity index (χ3v) is 5.34. The van der Waals surface area contributed by atoms with Crippen LogP contribution in [0.5, 0.6) is 0 Å². The molecule has 3 unspecified atom stereocenters. The molecule has 0 radical (unpaired) electrons. The molecule has 110 valence electrons. The molecule has 3 heterocycles. The van der Waals surface area contributed by atoms with Crippen molar-refractivity contribution in [3.63, 3.8) is 0 Å². The molecule has 1 spiro atoms. The number of hydrogen-bond acceptors (Lipinski definition) is 4. The average Bonchev–Trinajstić information content (AvgIpc) is 2.43. The zero-order chi connectivity index (χ0) is 13.3. The molecule has 0 amide bonds. The first-order valence-electron chi connectivity index (χ1n) is 7.82. The van der Waals surface area contributed by atoms with Crippen LogP contribution in [-0.2, 0) is 9.47 Å². The summed E-state index contributed by atoms with van der Waals surface area (Å²) in [5.74, 6) is 0.452. The van der Waals surface area contributed by atoms with Gasteiger partial charge in [0.05, 0.1) is 11.7 Å². The number of aliphatic hydroxyl groups is 1. The summed E-state index contributed by atoms with van der Waals surface area (Å²) < 4.78 is 11.6. The summed E-state index contributed by atoms with van der Waals surface area (Å²) in [4.78, 5) is 2.50. The van der Waals surface area contributed by atoms with E-state index in [0.717, 1.165) is 65.0 Å². The maximum atomic E-state index is 10.1. The number of nitrogens with zero attached hydrogens (tertiary/aromatic N) is 1. The first-order chi connectivity index (χ1) is 9.19. The lowest BCUT2D eigenvalue weighted by atomic mass is 9.82. The number of rotatable bonds is 1. The number of β-amino-alcohol motifs (C(OH)–C–C–N with tert-alkyl or cyclic N) is 1. The Morgan fingerprint density at radius 1 is 1.16 bits per heavy atom.